The van der Waals surface area contributed by atoms with Crippen LogP contribution in [0.5, 0.6) is 0 Å². The molecule has 1 amide bonds. The molecule has 13 heavy (non-hydrogen) atoms. The molecule has 1 rings (SSSR count). The molecule has 4 heteroatoms. The Kier molecular flexibility index (Phi) is 5.23. The minimum atomic E-state index is -0.000794. The lowest BCUT2D eigenvalue weighted by Gasteiger charge is -2.22. The van der Waals surface area contributed by atoms with Crippen LogP contribution in [0.2, 0.25) is 0 Å². The van der Waals surface area contributed by atoms with E-state index >= 15 is 0 Å². The fourth-order valence-corrected chi connectivity index (χ4v) is 1.58. The van der Waals surface area contributed by atoms with Crippen LogP contribution < -0.4 is 5.32 Å². The van der Waals surface area contributed by atoms with Crippen molar-refractivity contribution in [2.24, 2.45) is 0 Å². The lowest BCUT2D eigenvalue weighted by atomic mass is 10.1. The van der Waals surface area contributed by atoms with E-state index in [1.54, 1.807) is 0 Å². The third-order valence-corrected chi connectivity index (χ3v) is 2.49. The average Bonchev–Trinajstić information content (AvgIpc) is 2.19. The Morgan fingerprint density at radius 3 is 3.00 bits per heavy atom. The first-order valence-corrected chi connectivity index (χ1v) is 5.45. The third-order valence-electron chi connectivity index (χ3n) is 2.21. The van der Waals surface area contributed by atoms with Gasteiger partial charge in [-0.05, 0) is 25.7 Å². The summed E-state index contributed by atoms with van der Waals surface area (Å²) in [5, 5.41) is 2.78. The topological polar surface area (TPSA) is 38.3 Å². The second kappa shape index (κ2) is 6.27. The molecule has 1 heterocycles. The molecule has 0 radical (unpaired) electrons. The number of thiol groups is 1. The summed E-state index contributed by atoms with van der Waals surface area (Å²) in [5.41, 5.74) is 0. The molecule has 3 nitrogen and oxygen atoms in total. The zero-order valence-electron chi connectivity index (χ0n) is 7.79. The second-order valence-corrected chi connectivity index (χ2v) is 3.60. The molecule has 1 N–H and O–H groups in total. The molecule has 0 spiro atoms. The first-order chi connectivity index (χ1) is 6.33. The predicted molar refractivity (Wildman–Crippen MR) is 55.1 cm³/mol. The molecule has 1 fully saturated rings. The van der Waals surface area contributed by atoms with Crippen molar-refractivity contribution in [3.63, 3.8) is 0 Å². The molecule has 0 saturated carbocycles. The highest BCUT2D eigenvalue weighted by Gasteiger charge is 2.13. The molecule has 0 aromatic carbocycles. The summed E-state index contributed by atoms with van der Waals surface area (Å²) in [4.78, 5) is 10.8. The molecule has 1 saturated heterocycles. The Morgan fingerprint density at radius 2 is 2.38 bits per heavy atom. The Balaban J connectivity index is 2.01. The quantitative estimate of drug-likeness (QED) is 0.669. The Hall–Kier alpha value is -0.220. The summed E-state index contributed by atoms with van der Waals surface area (Å²) < 4.78 is 5.52. The molecule has 1 aliphatic rings. The van der Waals surface area contributed by atoms with Crippen molar-refractivity contribution in [1.82, 2.24) is 5.32 Å². The molecule has 1 unspecified atom stereocenters. The van der Waals surface area contributed by atoms with Crippen molar-refractivity contribution in [3.05, 3.63) is 0 Å². The van der Waals surface area contributed by atoms with Crippen LogP contribution >= 0.6 is 12.6 Å². The normalized spacial score (nSPS) is 22.7. The van der Waals surface area contributed by atoms with E-state index in [0.29, 0.717) is 12.6 Å². The zero-order chi connectivity index (χ0) is 9.52. The lowest BCUT2D eigenvalue weighted by molar-refractivity contribution is -0.118. The summed E-state index contributed by atoms with van der Waals surface area (Å²) in [7, 11) is 0. The van der Waals surface area contributed by atoms with Crippen molar-refractivity contribution in [3.8, 4) is 0 Å². The van der Waals surface area contributed by atoms with Gasteiger partial charge in [-0.2, -0.15) is 12.6 Å². The van der Waals surface area contributed by atoms with Crippen molar-refractivity contribution in [2.75, 3.05) is 18.9 Å². The SMILES string of the molecule is O=C(CS)NCCC1CCCCO1. The van der Waals surface area contributed by atoms with Gasteiger partial charge in [0.05, 0.1) is 11.9 Å². The van der Waals surface area contributed by atoms with Crippen molar-refractivity contribution in [2.45, 2.75) is 31.8 Å². The van der Waals surface area contributed by atoms with Crippen LogP contribution in [0.4, 0.5) is 0 Å². The number of hydrogen-bond acceptors (Lipinski definition) is 3. The number of nitrogens with one attached hydrogen (secondary N) is 1. The number of ether oxygens (including phenoxy) is 1. The van der Waals surface area contributed by atoms with Gasteiger partial charge in [0, 0.05) is 13.2 Å². The van der Waals surface area contributed by atoms with Gasteiger partial charge >= 0.3 is 0 Å². The number of carbonyl (C=O) groups is 1. The maximum atomic E-state index is 10.8. The van der Waals surface area contributed by atoms with E-state index in [0.717, 1.165) is 19.4 Å². The zero-order valence-corrected chi connectivity index (χ0v) is 8.69. The largest absolute Gasteiger partial charge is 0.378 e. The van der Waals surface area contributed by atoms with Crippen LogP contribution in [0.1, 0.15) is 25.7 Å². The Bertz CT molecular complexity index is 158. The predicted octanol–water partition coefficient (Wildman–Crippen LogP) is 0.992. The van der Waals surface area contributed by atoms with E-state index in [1.807, 2.05) is 0 Å². The van der Waals surface area contributed by atoms with Gasteiger partial charge in [-0.1, -0.05) is 0 Å². The fourth-order valence-electron chi connectivity index (χ4n) is 1.46. The van der Waals surface area contributed by atoms with Crippen LogP contribution in [-0.4, -0.2) is 30.9 Å². The van der Waals surface area contributed by atoms with E-state index in [1.165, 1.54) is 12.8 Å². The Labute approximate surface area is 84.6 Å². The molecule has 0 bridgehead atoms. The highest BCUT2D eigenvalue weighted by Crippen LogP contribution is 2.14. The van der Waals surface area contributed by atoms with Gasteiger partial charge in [0.2, 0.25) is 5.91 Å². The van der Waals surface area contributed by atoms with Crippen LogP contribution in [0, 0.1) is 0 Å². The van der Waals surface area contributed by atoms with E-state index in [2.05, 4.69) is 17.9 Å². The van der Waals surface area contributed by atoms with Gasteiger partial charge in [-0.25, -0.2) is 0 Å². The number of carbonyl (C=O) groups excluding carboxylic acids is 1. The molecular weight excluding hydrogens is 186 g/mol. The average molecular weight is 203 g/mol. The molecule has 0 aromatic rings. The van der Waals surface area contributed by atoms with E-state index < -0.39 is 0 Å². The summed E-state index contributed by atoms with van der Waals surface area (Å²) in [5.74, 6) is 0.269. The van der Waals surface area contributed by atoms with E-state index in [-0.39, 0.29) is 11.7 Å². The first kappa shape index (κ1) is 10.9. The van der Waals surface area contributed by atoms with Gasteiger partial charge in [0.25, 0.3) is 0 Å². The van der Waals surface area contributed by atoms with Crippen LogP contribution in [0.15, 0.2) is 0 Å². The van der Waals surface area contributed by atoms with E-state index in [4.69, 9.17) is 4.74 Å². The molecule has 0 aliphatic carbocycles. The molecule has 76 valence electrons. The van der Waals surface area contributed by atoms with Gasteiger partial charge < -0.3 is 10.1 Å². The Morgan fingerprint density at radius 1 is 1.54 bits per heavy atom. The summed E-state index contributed by atoms with van der Waals surface area (Å²) in [6.07, 6.45) is 4.86. The monoisotopic (exact) mass is 203 g/mol. The van der Waals surface area contributed by atoms with Gasteiger partial charge in [-0.3, -0.25) is 4.79 Å². The standard InChI is InChI=1S/C9H17NO2S/c11-9(7-13)10-5-4-8-3-1-2-6-12-8/h8,13H,1-7H2,(H,10,11). The fraction of sp³-hybridized carbons (Fsp3) is 0.889. The summed E-state index contributed by atoms with van der Waals surface area (Å²) in [6.45, 7) is 1.59. The minimum Gasteiger partial charge on any atom is -0.378 e. The van der Waals surface area contributed by atoms with Gasteiger partial charge in [0.15, 0.2) is 0 Å². The number of hydrogen-bond donors (Lipinski definition) is 2. The lowest BCUT2D eigenvalue weighted by Crippen LogP contribution is -2.30. The molecule has 0 aromatic heterocycles. The van der Waals surface area contributed by atoms with Crippen molar-refractivity contribution >= 4 is 18.5 Å². The first-order valence-electron chi connectivity index (χ1n) is 4.82. The van der Waals surface area contributed by atoms with Crippen molar-refractivity contribution < 1.29 is 9.53 Å². The van der Waals surface area contributed by atoms with Crippen molar-refractivity contribution in [1.29, 1.82) is 0 Å². The van der Waals surface area contributed by atoms with Crippen LogP contribution in [0.25, 0.3) is 0 Å². The minimum absolute atomic E-state index is 0.000794. The third kappa shape index (κ3) is 4.52. The maximum Gasteiger partial charge on any atom is 0.229 e. The van der Waals surface area contributed by atoms with E-state index in [9.17, 15) is 4.79 Å². The second-order valence-electron chi connectivity index (χ2n) is 3.29. The summed E-state index contributed by atoms with van der Waals surface area (Å²) in [6, 6.07) is 0. The highest BCUT2D eigenvalue weighted by atomic mass is 32.1. The van der Waals surface area contributed by atoms with Gasteiger partial charge in [-0.15, -0.1) is 0 Å². The smallest absolute Gasteiger partial charge is 0.229 e. The molecule has 1 aliphatic heterocycles. The molecular formula is C9H17NO2S. The highest BCUT2D eigenvalue weighted by molar-refractivity contribution is 7.81. The summed E-state index contributed by atoms with van der Waals surface area (Å²) >= 11 is 3.87. The number of rotatable bonds is 4. The van der Waals surface area contributed by atoms with Gasteiger partial charge in [0.1, 0.15) is 0 Å². The molecule has 1 atom stereocenters. The number of amides is 1. The maximum absolute atomic E-state index is 10.8. The van der Waals surface area contributed by atoms with Crippen LogP contribution in [-0.2, 0) is 9.53 Å². The van der Waals surface area contributed by atoms with Crippen LogP contribution in [0.3, 0.4) is 0 Å².